The van der Waals surface area contributed by atoms with Crippen LogP contribution in [0.1, 0.15) is 5.56 Å². The van der Waals surface area contributed by atoms with E-state index in [2.05, 4.69) is 5.32 Å². The minimum atomic E-state index is -4.46. The Balaban J connectivity index is 2.32. The standard InChI is InChI=1S/C14H12F4N2O/c1-21-13-7-9(15)3-5-12(13)20-11-4-2-8(6-10(11)19)14(16,17)18/h2-7,20H,19H2,1H3. The number of halogens is 4. The molecule has 0 aliphatic rings. The molecule has 0 aromatic heterocycles. The maximum absolute atomic E-state index is 13.1. The fourth-order valence-electron chi connectivity index (χ4n) is 1.77. The number of alkyl halides is 3. The normalized spacial score (nSPS) is 11.3. The van der Waals surface area contributed by atoms with Gasteiger partial charge in [0.2, 0.25) is 0 Å². The van der Waals surface area contributed by atoms with E-state index < -0.39 is 17.6 Å². The van der Waals surface area contributed by atoms with Crippen molar-refractivity contribution >= 4 is 17.1 Å². The molecule has 3 nitrogen and oxygen atoms in total. The molecule has 0 unspecified atom stereocenters. The average molecular weight is 300 g/mol. The van der Waals surface area contributed by atoms with E-state index in [1.165, 1.54) is 25.3 Å². The van der Waals surface area contributed by atoms with Crippen molar-refractivity contribution in [3.63, 3.8) is 0 Å². The maximum Gasteiger partial charge on any atom is 0.416 e. The molecule has 0 fully saturated rings. The van der Waals surface area contributed by atoms with Gasteiger partial charge in [0, 0.05) is 6.07 Å². The summed E-state index contributed by atoms with van der Waals surface area (Å²) in [7, 11) is 1.36. The van der Waals surface area contributed by atoms with Gasteiger partial charge in [-0.05, 0) is 30.3 Å². The van der Waals surface area contributed by atoms with Gasteiger partial charge in [0.05, 0.1) is 29.7 Å². The quantitative estimate of drug-likeness (QED) is 0.660. The van der Waals surface area contributed by atoms with Gasteiger partial charge in [-0.1, -0.05) is 0 Å². The lowest BCUT2D eigenvalue weighted by molar-refractivity contribution is -0.137. The van der Waals surface area contributed by atoms with Gasteiger partial charge < -0.3 is 15.8 Å². The van der Waals surface area contributed by atoms with Gasteiger partial charge in [-0.3, -0.25) is 0 Å². The second-order valence-electron chi connectivity index (χ2n) is 4.27. The third kappa shape index (κ3) is 3.36. The second kappa shape index (κ2) is 5.51. The van der Waals surface area contributed by atoms with Gasteiger partial charge >= 0.3 is 6.18 Å². The largest absolute Gasteiger partial charge is 0.494 e. The Kier molecular flexibility index (Phi) is 3.93. The molecule has 0 saturated carbocycles. The molecule has 0 amide bonds. The molecule has 21 heavy (non-hydrogen) atoms. The number of nitrogens with two attached hydrogens (primary N) is 1. The molecular formula is C14H12F4N2O. The van der Waals surface area contributed by atoms with Crippen molar-refractivity contribution in [1.82, 2.24) is 0 Å². The van der Waals surface area contributed by atoms with E-state index >= 15 is 0 Å². The molecule has 0 aliphatic heterocycles. The molecule has 2 aromatic rings. The first-order valence-electron chi connectivity index (χ1n) is 5.88. The van der Waals surface area contributed by atoms with E-state index in [9.17, 15) is 17.6 Å². The first kappa shape index (κ1) is 15.0. The zero-order valence-corrected chi connectivity index (χ0v) is 11.0. The zero-order chi connectivity index (χ0) is 15.6. The number of nitrogen functional groups attached to an aromatic ring is 1. The van der Waals surface area contributed by atoms with E-state index in [-0.39, 0.29) is 17.1 Å². The number of nitrogens with one attached hydrogen (secondary N) is 1. The summed E-state index contributed by atoms with van der Waals surface area (Å²) in [5.41, 5.74) is 5.37. The lowest BCUT2D eigenvalue weighted by Crippen LogP contribution is -2.07. The monoisotopic (exact) mass is 300 g/mol. The topological polar surface area (TPSA) is 47.3 Å². The molecule has 2 rings (SSSR count). The summed E-state index contributed by atoms with van der Waals surface area (Å²) in [5.74, 6) is -0.271. The lowest BCUT2D eigenvalue weighted by Gasteiger charge is -2.14. The molecule has 3 N–H and O–H groups in total. The Bertz CT molecular complexity index is 656. The average Bonchev–Trinajstić information content (AvgIpc) is 2.41. The van der Waals surface area contributed by atoms with Crippen LogP contribution in [-0.4, -0.2) is 7.11 Å². The Morgan fingerprint density at radius 1 is 1.05 bits per heavy atom. The third-order valence-electron chi connectivity index (χ3n) is 2.81. The highest BCUT2D eigenvalue weighted by atomic mass is 19.4. The van der Waals surface area contributed by atoms with Gasteiger partial charge in [0.25, 0.3) is 0 Å². The van der Waals surface area contributed by atoms with Gasteiger partial charge in [0.15, 0.2) is 0 Å². The van der Waals surface area contributed by atoms with E-state index in [1.54, 1.807) is 0 Å². The summed E-state index contributed by atoms with van der Waals surface area (Å²) in [4.78, 5) is 0. The van der Waals surface area contributed by atoms with Crippen molar-refractivity contribution in [2.75, 3.05) is 18.2 Å². The smallest absolute Gasteiger partial charge is 0.416 e. The number of anilines is 3. The molecule has 2 aromatic carbocycles. The minimum Gasteiger partial charge on any atom is -0.494 e. The van der Waals surface area contributed by atoms with Crippen molar-refractivity contribution in [2.45, 2.75) is 6.18 Å². The zero-order valence-electron chi connectivity index (χ0n) is 11.0. The van der Waals surface area contributed by atoms with Crippen molar-refractivity contribution in [2.24, 2.45) is 0 Å². The Morgan fingerprint density at radius 3 is 2.29 bits per heavy atom. The van der Waals surface area contributed by atoms with Crippen LogP contribution < -0.4 is 15.8 Å². The first-order valence-corrected chi connectivity index (χ1v) is 5.88. The number of rotatable bonds is 3. The number of benzene rings is 2. The molecule has 0 heterocycles. The third-order valence-corrected chi connectivity index (χ3v) is 2.81. The SMILES string of the molecule is COc1cc(F)ccc1Nc1ccc(C(F)(F)F)cc1N. The van der Waals surface area contributed by atoms with Gasteiger partial charge in [0.1, 0.15) is 11.6 Å². The summed E-state index contributed by atoms with van der Waals surface area (Å²) in [5, 5.41) is 2.81. The fourth-order valence-corrected chi connectivity index (χ4v) is 1.77. The van der Waals surface area contributed by atoms with Crippen LogP contribution in [0, 0.1) is 5.82 Å². The van der Waals surface area contributed by atoms with E-state index in [1.807, 2.05) is 0 Å². The van der Waals surface area contributed by atoms with Crippen LogP contribution in [0.3, 0.4) is 0 Å². The molecule has 7 heteroatoms. The second-order valence-corrected chi connectivity index (χ2v) is 4.27. The van der Waals surface area contributed by atoms with E-state index in [0.717, 1.165) is 18.2 Å². The van der Waals surface area contributed by atoms with Crippen LogP contribution in [0.5, 0.6) is 5.75 Å². The molecule has 0 saturated heterocycles. The predicted octanol–water partition coefficient (Wildman–Crippen LogP) is 4.18. The summed E-state index contributed by atoms with van der Waals surface area (Å²) < 4.78 is 55.7. The molecule has 0 spiro atoms. The van der Waals surface area contributed by atoms with Crippen LogP contribution in [0.25, 0.3) is 0 Å². The Hall–Kier alpha value is -2.44. The van der Waals surface area contributed by atoms with Crippen molar-refractivity contribution in [3.05, 3.63) is 47.8 Å². The predicted molar refractivity (Wildman–Crippen MR) is 72.1 cm³/mol. The summed E-state index contributed by atoms with van der Waals surface area (Å²) in [6, 6.07) is 6.72. The molecular weight excluding hydrogens is 288 g/mol. The van der Waals surface area contributed by atoms with Crippen LogP contribution in [-0.2, 0) is 6.18 Å². The van der Waals surface area contributed by atoms with Crippen molar-refractivity contribution < 1.29 is 22.3 Å². The number of methoxy groups -OCH3 is 1. The highest BCUT2D eigenvalue weighted by Crippen LogP contribution is 2.35. The molecule has 0 bridgehead atoms. The Morgan fingerprint density at radius 2 is 1.71 bits per heavy atom. The fraction of sp³-hybridized carbons (Fsp3) is 0.143. The van der Waals surface area contributed by atoms with Crippen molar-refractivity contribution in [1.29, 1.82) is 0 Å². The van der Waals surface area contributed by atoms with Crippen LogP contribution in [0.2, 0.25) is 0 Å². The number of hydrogen-bond acceptors (Lipinski definition) is 3. The first-order chi connectivity index (χ1) is 9.81. The molecule has 0 radical (unpaired) electrons. The van der Waals surface area contributed by atoms with E-state index in [0.29, 0.717) is 5.69 Å². The Labute approximate surface area is 118 Å². The molecule has 112 valence electrons. The van der Waals surface area contributed by atoms with Crippen LogP contribution in [0.4, 0.5) is 34.6 Å². The summed E-state index contributed by atoms with van der Waals surface area (Å²) in [6.07, 6.45) is -4.46. The van der Waals surface area contributed by atoms with Crippen molar-refractivity contribution in [3.8, 4) is 5.75 Å². The summed E-state index contributed by atoms with van der Waals surface area (Å²) in [6.45, 7) is 0. The lowest BCUT2D eigenvalue weighted by atomic mass is 10.1. The van der Waals surface area contributed by atoms with Crippen LogP contribution >= 0.6 is 0 Å². The minimum absolute atomic E-state index is 0.0730. The highest BCUT2D eigenvalue weighted by molar-refractivity contribution is 5.75. The molecule has 0 aliphatic carbocycles. The van der Waals surface area contributed by atoms with Crippen LogP contribution in [0.15, 0.2) is 36.4 Å². The van der Waals surface area contributed by atoms with Gasteiger partial charge in [-0.2, -0.15) is 13.2 Å². The maximum atomic E-state index is 13.1. The van der Waals surface area contributed by atoms with E-state index in [4.69, 9.17) is 10.5 Å². The highest BCUT2D eigenvalue weighted by Gasteiger charge is 2.30. The molecule has 0 atom stereocenters. The number of ether oxygens (including phenoxy) is 1. The van der Waals surface area contributed by atoms with Gasteiger partial charge in [-0.25, -0.2) is 4.39 Å². The number of hydrogen-bond donors (Lipinski definition) is 2. The van der Waals surface area contributed by atoms with Gasteiger partial charge in [-0.15, -0.1) is 0 Å². The summed E-state index contributed by atoms with van der Waals surface area (Å²) >= 11 is 0.